The molecule has 1 aromatic rings. The Kier molecular flexibility index (Phi) is 10.0. The van der Waals surface area contributed by atoms with E-state index < -0.39 is 11.9 Å². The lowest BCUT2D eigenvalue weighted by atomic mass is 9.83. The molecule has 38 heavy (non-hydrogen) atoms. The lowest BCUT2D eigenvalue weighted by Gasteiger charge is -2.30. The van der Waals surface area contributed by atoms with Crippen LogP contribution in [0.3, 0.4) is 0 Å². The van der Waals surface area contributed by atoms with E-state index in [4.69, 9.17) is 10.5 Å². The van der Waals surface area contributed by atoms with Gasteiger partial charge in [0.25, 0.3) is 0 Å². The Morgan fingerprint density at radius 3 is 2.71 bits per heavy atom. The number of carbonyl (C=O) groups excluding carboxylic acids is 2. The van der Waals surface area contributed by atoms with E-state index in [1.54, 1.807) is 0 Å². The molecule has 4 rings (SSSR count). The van der Waals surface area contributed by atoms with Gasteiger partial charge in [0, 0.05) is 57.5 Å². The lowest BCUT2D eigenvalue weighted by Crippen LogP contribution is -2.45. The molecule has 210 valence electrons. The fraction of sp³-hybridized carbons (Fsp3) is 0.690. The van der Waals surface area contributed by atoms with Crippen LogP contribution in [0.15, 0.2) is 18.2 Å². The van der Waals surface area contributed by atoms with Crippen LogP contribution in [-0.4, -0.2) is 96.1 Å². The first-order chi connectivity index (χ1) is 18.4. The van der Waals surface area contributed by atoms with Crippen molar-refractivity contribution in [1.29, 1.82) is 0 Å². The predicted molar refractivity (Wildman–Crippen MR) is 145 cm³/mol. The second-order valence-corrected chi connectivity index (χ2v) is 10.9. The van der Waals surface area contributed by atoms with Crippen LogP contribution in [0, 0.1) is 5.92 Å². The monoisotopic (exact) mass is 528 g/mol. The SMILES string of the molecule is CCCCN(CCCCN)C(=O)CN1C[C@H](c2ccc3c(c2)CCO3)C(C(=O)O)[C@@H]1CCN1CCCC1=O. The van der Waals surface area contributed by atoms with Crippen LogP contribution >= 0.6 is 0 Å². The number of carboxylic acid groups (broad SMARTS) is 1. The highest BCUT2D eigenvalue weighted by Crippen LogP contribution is 2.41. The highest BCUT2D eigenvalue weighted by atomic mass is 16.5. The average molecular weight is 529 g/mol. The highest BCUT2D eigenvalue weighted by molar-refractivity contribution is 5.79. The van der Waals surface area contributed by atoms with Gasteiger partial charge in [-0.15, -0.1) is 0 Å². The molecule has 0 aliphatic carbocycles. The molecule has 9 heteroatoms. The summed E-state index contributed by atoms with van der Waals surface area (Å²) in [7, 11) is 0. The van der Waals surface area contributed by atoms with Gasteiger partial charge >= 0.3 is 5.97 Å². The van der Waals surface area contributed by atoms with Crippen molar-refractivity contribution in [2.24, 2.45) is 11.7 Å². The van der Waals surface area contributed by atoms with Crippen molar-refractivity contribution in [3.05, 3.63) is 29.3 Å². The van der Waals surface area contributed by atoms with Gasteiger partial charge in [-0.1, -0.05) is 25.5 Å². The molecule has 3 aliphatic heterocycles. The Bertz CT molecular complexity index is 986. The molecular formula is C29H44N4O5. The Balaban J connectivity index is 1.56. The van der Waals surface area contributed by atoms with E-state index in [9.17, 15) is 19.5 Å². The van der Waals surface area contributed by atoms with Gasteiger partial charge in [0.1, 0.15) is 5.75 Å². The Morgan fingerprint density at radius 1 is 1.18 bits per heavy atom. The Morgan fingerprint density at radius 2 is 2.00 bits per heavy atom. The molecule has 2 fully saturated rings. The number of ether oxygens (including phenoxy) is 1. The number of amides is 2. The summed E-state index contributed by atoms with van der Waals surface area (Å²) in [5.41, 5.74) is 7.79. The van der Waals surface area contributed by atoms with Crippen molar-refractivity contribution in [3.8, 4) is 5.75 Å². The van der Waals surface area contributed by atoms with Crippen molar-refractivity contribution in [1.82, 2.24) is 14.7 Å². The van der Waals surface area contributed by atoms with Crippen LogP contribution in [0.2, 0.25) is 0 Å². The molecule has 0 spiro atoms. The fourth-order valence-corrected chi connectivity index (χ4v) is 6.29. The third kappa shape index (κ3) is 6.67. The number of carboxylic acids is 1. The number of hydrogen-bond acceptors (Lipinski definition) is 6. The molecule has 0 aromatic heterocycles. The van der Waals surface area contributed by atoms with Gasteiger partial charge in [-0.05, 0) is 55.8 Å². The van der Waals surface area contributed by atoms with Gasteiger partial charge in [-0.25, -0.2) is 0 Å². The zero-order chi connectivity index (χ0) is 27.1. The van der Waals surface area contributed by atoms with Crippen LogP contribution in [-0.2, 0) is 20.8 Å². The first-order valence-corrected chi connectivity index (χ1v) is 14.4. The van der Waals surface area contributed by atoms with Crippen LogP contribution < -0.4 is 10.5 Å². The third-order valence-electron chi connectivity index (χ3n) is 8.40. The largest absolute Gasteiger partial charge is 0.493 e. The van der Waals surface area contributed by atoms with Crippen molar-refractivity contribution in [2.75, 3.05) is 52.4 Å². The number of nitrogens with two attached hydrogens (primary N) is 1. The number of fused-ring (bicyclic) bond motifs is 1. The first kappa shape index (κ1) is 28.4. The van der Waals surface area contributed by atoms with E-state index in [0.29, 0.717) is 52.2 Å². The van der Waals surface area contributed by atoms with Gasteiger partial charge in [0.05, 0.1) is 19.1 Å². The smallest absolute Gasteiger partial charge is 0.308 e. The van der Waals surface area contributed by atoms with Crippen LogP contribution in [0.25, 0.3) is 0 Å². The number of rotatable bonds is 14. The van der Waals surface area contributed by atoms with Crippen LogP contribution in [0.4, 0.5) is 0 Å². The number of hydrogen-bond donors (Lipinski definition) is 2. The summed E-state index contributed by atoms with van der Waals surface area (Å²) in [6.45, 7) is 6.70. The number of likely N-dealkylation sites (tertiary alicyclic amines) is 2. The molecule has 9 nitrogen and oxygen atoms in total. The van der Waals surface area contributed by atoms with Crippen LogP contribution in [0.1, 0.15) is 68.9 Å². The van der Waals surface area contributed by atoms with Crippen LogP contribution in [0.5, 0.6) is 5.75 Å². The maximum absolute atomic E-state index is 13.6. The van der Waals surface area contributed by atoms with Crippen molar-refractivity contribution >= 4 is 17.8 Å². The summed E-state index contributed by atoms with van der Waals surface area (Å²) in [6.07, 6.45) is 6.46. The van der Waals surface area contributed by atoms with E-state index in [0.717, 1.165) is 61.9 Å². The van der Waals surface area contributed by atoms with E-state index in [-0.39, 0.29) is 30.3 Å². The molecule has 3 atom stereocenters. The predicted octanol–water partition coefficient (Wildman–Crippen LogP) is 2.47. The van der Waals surface area contributed by atoms with Crippen molar-refractivity contribution < 1.29 is 24.2 Å². The minimum atomic E-state index is -0.842. The van der Waals surface area contributed by atoms with E-state index in [2.05, 4.69) is 17.9 Å². The fourth-order valence-electron chi connectivity index (χ4n) is 6.29. The zero-order valence-electron chi connectivity index (χ0n) is 22.8. The Labute approximate surface area is 226 Å². The molecule has 1 unspecified atom stereocenters. The molecule has 0 radical (unpaired) electrons. The van der Waals surface area contributed by atoms with Gasteiger partial charge in [0.15, 0.2) is 0 Å². The second kappa shape index (κ2) is 13.4. The summed E-state index contributed by atoms with van der Waals surface area (Å²) in [6, 6.07) is 5.70. The summed E-state index contributed by atoms with van der Waals surface area (Å²) in [4.78, 5) is 44.4. The zero-order valence-corrected chi connectivity index (χ0v) is 22.8. The molecule has 0 saturated carbocycles. The lowest BCUT2D eigenvalue weighted by molar-refractivity contribution is -0.144. The molecule has 2 saturated heterocycles. The molecule has 3 heterocycles. The van der Waals surface area contributed by atoms with E-state index in [1.807, 2.05) is 21.9 Å². The summed E-state index contributed by atoms with van der Waals surface area (Å²) < 4.78 is 5.67. The molecule has 2 amide bonds. The second-order valence-electron chi connectivity index (χ2n) is 10.9. The number of aliphatic carboxylic acids is 1. The topological polar surface area (TPSA) is 116 Å². The molecule has 3 aliphatic rings. The van der Waals surface area contributed by atoms with Crippen molar-refractivity contribution in [2.45, 2.75) is 70.3 Å². The summed E-state index contributed by atoms with van der Waals surface area (Å²) in [5, 5.41) is 10.4. The Hall–Kier alpha value is -2.65. The third-order valence-corrected chi connectivity index (χ3v) is 8.40. The number of carbonyl (C=O) groups is 3. The van der Waals surface area contributed by atoms with Gasteiger partial charge < -0.3 is 25.4 Å². The maximum atomic E-state index is 13.6. The van der Waals surface area contributed by atoms with Gasteiger partial charge in [-0.3, -0.25) is 19.3 Å². The molecule has 0 bridgehead atoms. The summed E-state index contributed by atoms with van der Waals surface area (Å²) >= 11 is 0. The van der Waals surface area contributed by atoms with E-state index >= 15 is 0 Å². The molecule has 1 aromatic carbocycles. The minimum Gasteiger partial charge on any atom is -0.493 e. The van der Waals surface area contributed by atoms with E-state index in [1.165, 1.54) is 0 Å². The van der Waals surface area contributed by atoms with Crippen molar-refractivity contribution in [3.63, 3.8) is 0 Å². The summed E-state index contributed by atoms with van der Waals surface area (Å²) in [5.74, 6) is -0.666. The molecule has 3 N–H and O–H groups in total. The number of benzene rings is 1. The quantitative estimate of drug-likeness (QED) is 0.356. The number of nitrogens with zero attached hydrogens (tertiary/aromatic N) is 3. The minimum absolute atomic E-state index is 0.0462. The standard InChI is InChI=1S/C29H44N4O5/c1-2-3-13-31(14-5-4-12-30)27(35)20-33-19-23(21-8-9-25-22(18-21)11-17-38-25)28(29(36)37)24(33)10-16-32-15-6-7-26(32)34/h8-9,18,23-24,28H,2-7,10-17,19-20,30H2,1H3,(H,36,37)/t23-,24+,28?/m1/s1. The molecular weight excluding hydrogens is 484 g/mol. The van der Waals surface area contributed by atoms with Gasteiger partial charge in [0.2, 0.25) is 11.8 Å². The average Bonchev–Trinajstić information content (AvgIpc) is 3.62. The van der Waals surface area contributed by atoms with Gasteiger partial charge in [-0.2, -0.15) is 0 Å². The maximum Gasteiger partial charge on any atom is 0.308 e. The highest BCUT2D eigenvalue weighted by Gasteiger charge is 2.47. The first-order valence-electron chi connectivity index (χ1n) is 14.4. The number of unbranched alkanes of at least 4 members (excludes halogenated alkanes) is 2. The normalized spacial score (nSPS) is 23.1.